The molecule has 110 valence electrons. The lowest BCUT2D eigenvalue weighted by Crippen LogP contribution is -2.48. The first-order valence-corrected chi connectivity index (χ1v) is 7.15. The van der Waals surface area contributed by atoms with Crippen LogP contribution in [0.15, 0.2) is 16.6 Å². The molecule has 0 aromatic heterocycles. The van der Waals surface area contributed by atoms with Gasteiger partial charge in [0.2, 0.25) is 0 Å². The van der Waals surface area contributed by atoms with Crippen molar-refractivity contribution in [3.05, 3.63) is 27.7 Å². The summed E-state index contributed by atoms with van der Waals surface area (Å²) in [6.45, 7) is -1.81. The van der Waals surface area contributed by atoms with Crippen LogP contribution in [0.2, 0.25) is 5.01 Å². The minimum absolute atomic E-state index is 0.0760. The first-order valence-electron chi connectivity index (χ1n) is 6.35. The molecule has 0 heterocycles. The number of carbonyl (C=O) groups excluding carboxylic acids is 1. The van der Waals surface area contributed by atoms with E-state index in [2.05, 4.69) is 15.9 Å². The number of halogens is 4. The lowest BCUT2D eigenvalue weighted by atomic mass is 8.86. The van der Waals surface area contributed by atoms with Gasteiger partial charge in [-0.3, -0.25) is 4.79 Å². The van der Waals surface area contributed by atoms with Gasteiger partial charge in [0.1, 0.15) is 5.75 Å². The lowest BCUT2D eigenvalue weighted by Gasteiger charge is -2.33. The van der Waals surface area contributed by atoms with Crippen molar-refractivity contribution < 1.29 is 23.1 Å². The van der Waals surface area contributed by atoms with Crippen molar-refractivity contribution in [2.24, 2.45) is 0 Å². The molecule has 1 N–H and O–H groups in total. The van der Waals surface area contributed by atoms with E-state index in [1.165, 1.54) is 0 Å². The monoisotopic (exact) mass is 382 g/mol. The molecule has 12 radical (unpaired) electrons. The van der Waals surface area contributed by atoms with Crippen LogP contribution in [0.3, 0.4) is 0 Å². The van der Waals surface area contributed by atoms with Crippen molar-refractivity contribution in [1.82, 2.24) is 0 Å². The fraction of sp³-hybridized carbons (Fsp3) is 0.300. The molecular weight excluding hydrogens is 376 g/mol. The van der Waals surface area contributed by atoms with Gasteiger partial charge in [-0.05, 0) is 28.1 Å². The van der Waals surface area contributed by atoms with Crippen LogP contribution in [-0.4, -0.2) is 77.2 Å². The number of aldehydes is 1. The van der Waals surface area contributed by atoms with Gasteiger partial charge >= 0.3 is 6.18 Å². The number of benzene rings is 1. The number of hydrogen-bond donors (Lipinski definition) is 1. The number of phenolic OH excluding ortho intramolecular Hbond substituents is 1. The average Bonchev–Trinajstić information content (AvgIpc) is 2.40. The van der Waals surface area contributed by atoms with E-state index in [1.54, 1.807) is 0 Å². The van der Waals surface area contributed by atoms with Gasteiger partial charge in [-0.1, -0.05) is 0 Å². The maximum Gasteiger partial charge on any atom is 0.393 e. The Kier molecular flexibility index (Phi) is 9.05. The third-order valence-electron chi connectivity index (χ3n) is 2.87. The molecule has 0 bridgehead atoms. The van der Waals surface area contributed by atoms with E-state index < -0.39 is 36.3 Å². The molecule has 0 saturated heterocycles. The molecule has 0 unspecified atom stereocenters. The van der Waals surface area contributed by atoms with Crippen LogP contribution in [0.25, 0.3) is 0 Å². The van der Waals surface area contributed by atoms with Gasteiger partial charge < -0.3 is 5.11 Å². The highest BCUT2D eigenvalue weighted by atomic mass is 79.9. The third-order valence-corrected chi connectivity index (χ3v) is 3.56. The third kappa shape index (κ3) is 7.58. The maximum absolute atomic E-state index is 12.0. The number of rotatable bonds is 4. The molecule has 0 atom stereocenters. The molecular formula is C10H6B8BrF3O2. The van der Waals surface area contributed by atoms with Crippen LogP contribution in [0.1, 0.15) is 15.9 Å². The van der Waals surface area contributed by atoms with Crippen molar-refractivity contribution in [2.75, 3.05) is 0 Å². The highest BCUT2D eigenvalue weighted by Crippen LogP contribution is 2.30. The Morgan fingerprint density at radius 3 is 1.88 bits per heavy atom. The highest BCUT2D eigenvalue weighted by Gasteiger charge is 2.29. The quantitative estimate of drug-likeness (QED) is 0.599. The SMILES string of the molecule is O=Cc1cc(CC(F)(F)F)c(O)cc1Br.[B]B([B])C([B])([B])B([B])[B]. The first kappa shape index (κ1) is 23.5. The molecule has 0 aliphatic heterocycles. The van der Waals surface area contributed by atoms with Crippen molar-refractivity contribution in [3.8, 4) is 5.75 Å². The number of aromatic hydroxyl groups is 1. The second kappa shape index (κ2) is 9.25. The molecule has 14 heteroatoms. The van der Waals surface area contributed by atoms with Gasteiger partial charge in [-0.2, -0.15) is 18.2 Å². The zero-order valence-electron chi connectivity index (χ0n) is 12.4. The zero-order valence-corrected chi connectivity index (χ0v) is 14.0. The molecule has 2 nitrogen and oxygen atoms in total. The van der Waals surface area contributed by atoms with Crippen LogP contribution < -0.4 is 0 Å². The van der Waals surface area contributed by atoms with Crippen molar-refractivity contribution in [1.29, 1.82) is 0 Å². The Balaban J connectivity index is 0.000000506. The zero-order chi connectivity index (χ0) is 19.3. The predicted molar refractivity (Wildman–Crippen MR) is 99.7 cm³/mol. The van der Waals surface area contributed by atoms with Crippen LogP contribution >= 0.6 is 15.9 Å². The van der Waals surface area contributed by atoms with E-state index >= 15 is 0 Å². The largest absolute Gasteiger partial charge is 0.508 e. The summed E-state index contributed by atoms with van der Waals surface area (Å²) in [4.78, 5) is 10.5. The molecule has 1 aromatic rings. The average molecular weight is 382 g/mol. The number of carbonyl (C=O) groups is 1. The van der Waals surface area contributed by atoms with Gasteiger partial charge in [-0.25, -0.2) is 0 Å². The lowest BCUT2D eigenvalue weighted by molar-refractivity contribution is -0.127. The van der Waals surface area contributed by atoms with E-state index in [9.17, 15) is 23.1 Å². The summed E-state index contributed by atoms with van der Waals surface area (Å²) < 4.78 is 36.4. The topological polar surface area (TPSA) is 37.3 Å². The summed E-state index contributed by atoms with van der Waals surface area (Å²) in [5, 5.41) is 7.84. The van der Waals surface area contributed by atoms with Crippen LogP contribution in [-0.2, 0) is 6.42 Å². The molecule has 0 aliphatic rings. The van der Waals surface area contributed by atoms with Gasteiger partial charge in [0, 0.05) is 75.2 Å². The van der Waals surface area contributed by atoms with Gasteiger partial charge in [-0.15, -0.1) is 0 Å². The Labute approximate surface area is 156 Å². The number of hydrogen-bond acceptors (Lipinski definition) is 2. The fourth-order valence-corrected chi connectivity index (χ4v) is 1.72. The molecule has 1 aromatic carbocycles. The normalized spacial score (nSPS) is 11.2. The minimum Gasteiger partial charge on any atom is -0.508 e. The number of alkyl halides is 3. The maximum atomic E-state index is 12.0. The van der Waals surface area contributed by atoms with E-state index in [1.807, 2.05) is 0 Å². The fourth-order valence-electron chi connectivity index (χ4n) is 1.30. The van der Waals surface area contributed by atoms with Crippen molar-refractivity contribution in [3.63, 3.8) is 0 Å². The standard InChI is InChI=1S/C9H6BrF3O2.CB8/c10-7-2-8(15)5(1-6(7)4-14)3-9(11,12)13;2-1(3,8(4)5)9(6)7/h1-2,4,15H,3H2;. The van der Waals surface area contributed by atoms with Crippen LogP contribution in [0.5, 0.6) is 5.75 Å². The molecule has 24 heavy (non-hydrogen) atoms. The molecule has 0 spiro atoms. The van der Waals surface area contributed by atoms with E-state index in [-0.39, 0.29) is 15.6 Å². The summed E-state index contributed by atoms with van der Waals surface area (Å²) in [5.74, 6) is -0.482. The van der Waals surface area contributed by atoms with E-state index in [0.717, 1.165) is 12.1 Å². The molecule has 0 aliphatic carbocycles. The smallest absolute Gasteiger partial charge is 0.393 e. The Hall–Kier alpha value is -0.521. The van der Waals surface area contributed by atoms with Crippen molar-refractivity contribution >= 4 is 81.8 Å². The Morgan fingerprint density at radius 2 is 1.58 bits per heavy atom. The predicted octanol–water partition coefficient (Wildman–Crippen LogP) is 0.240. The molecule has 0 amide bonds. The van der Waals surface area contributed by atoms with Crippen molar-refractivity contribution in [2.45, 2.75) is 17.6 Å². The minimum atomic E-state index is -4.41. The summed E-state index contributed by atoms with van der Waals surface area (Å²) in [6.07, 6.45) is -5.25. The summed E-state index contributed by atoms with van der Waals surface area (Å²) in [6, 6.07) is 2.09. The second-order valence-corrected chi connectivity index (χ2v) is 5.82. The Bertz CT molecular complexity index is 558. The molecule has 1 rings (SSSR count). The summed E-state index contributed by atoms with van der Waals surface area (Å²) in [7, 11) is 31.1. The first-order chi connectivity index (χ1) is 10.7. The van der Waals surface area contributed by atoms with Gasteiger partial charge in [0.15, 0.2) is 6.29 Å². The Morgan fingerprint density at radius 1 is 1.12 bits per heavy atom. The highest BCUT2D eigenvalue weighted by molar-refractivity contribution is 9.10. The van der Waals surface area contributed by atoms with Gasteiger partial charge in [0.05, 0.1) is 6.42 Å². The van der Waals surface area contributed by atoms with Crippen LogP contribution in [0, 0.1) is 0 Å². The summed E-state index contributed by atoms with van der Waals surface area (Å²) >= 11 is 2.95. The van der Waals surface area contributed by atoms with E-state index in [0.29, 0.717) is 6.29 Å². The van der Waals surface area contributed by atoms with Gasteiger partial charge in [0.25, 0.3) is 0 Å². The van der Waals surface area contributed by atoms with Crippen LogP contribution in [0.4, 0.5) is 13.2 Å². The second-order valence-electron chi connectivity index (χ2n) is 4.96. The molecule has 0 fully saturated rings. The van der Waals surface area contributed by atoms with E-state index in [4.69, 9.17) is 46.6 Å². The number of phenols is 1. The summed E-state index contributed by atoms with van der Waals surface area (Å²) in [5.41, 5.74) is -0.236. The molecule has 0 saturated carbocycles.